The van der Waals surface area contributed by atoms with Crippen molar-refractivity contribution in [2.45, 2.75) is 31.6 Å². The Morgan fingerprint density at radius 2 is 2.06 bits per heavy atom. The summed E-state index contributed by atoms with van der Waals surface area (Å²) in [4.78, 5) is 0. The third-order valence-electron chi connectivity index (χ3n) is 2.23. The number of methoxy groups -OCH3 is 1. The predicted molar refractivity (Wildman–Crippen MR) is 70.1 cm³/mol. The molecule has 0 saturated heterocycles. The summed E-state index contributed by atoms with van der Waals surface area (Å²) >= 11 is 1.65. The molecule has 0 aliphatic rings. The topological polar surface area (TPSA) is 29.5 Å². The highest BCUT2D eigenvalue weighted by atomic mass is 32.2. The Bertz CT molecular complexity index is 374. The van der Waals surface area contributed by atoms with Crippen molar-refractivity contribution in [3.63, 3.8) is 0 Å². The van der Waals surface area contributed by atoms with Crippen molar-refractivity contribution in [1.29, 1.82) is 0 Å². The highest BCUT2D eigenvalue weighted by Gasteiger charge is 2.16. The van der Waals surface area contributed by atoms with E-state index in [-0.39, 0.29) is 10.5 Å². The lowest BCUT2D eigenvalue weighted by Crippen LogP contribution is -2.12. The van der Waals surface area contributed by atoms with E-state index < -0.39 is 11.9 Å². The minimum Gasteiger partial charge on any atom is -0.494 e. The second-order valence-electron chi connectivity index (χ2n) is 4.83. The molecule has 1 aromatic carbocycles. The normalized spacial score (nSPS) is 13.5. The van der Waals surface area contributed by atoms with Gasteiger partial charge in [-0.1, -0.05) is 26.8 Å². The first-order valence-corrected chi connectivity index (χ1v) is 6.47. The monoisotopic (exact) mass is 258 g/mol. The number of benzene rings is 1. The zero-order chi connectivity index (χ0) is 13.1. The molecule has 0 amide bonds. The number of hydrogen-bond acceptors (Lipinski definition) is 3. The number of halogens is 1. The van der Waals surface area contributed by atoms with Crippen LogP contribution in [0.4, 0.5) is 4.39 Å². The van der Waals surface area contributed by atoms with E-state index in [1.54, 1.807) is 17.8 Å². The molecule has 1 N–H and O–H groups in total. The molecule has 2 nitrogen and oxygen atoms in total. The third kappa shape index (κ3) is 4.56. The molecule has 0 aliphatic carbocycles. The lowest BCUT2D eigenvalue weighted by atomic mass is 10.1. The summed E-state index contributed by atoms with van der Waals surface area (Å²) in [5.74, 6) is 0.309. The van der Waals surface area contributed by atoms with E-state index in [0.29, 0.717) is 11.3 Å². The highest BCUT2D eigenvalue weighted by molar-refractivity contribution is 8.00. The van der Waals surface area contributed by atoms with Gasteiger partial charge in [-0.05, 0) is 17.7 Å². The van der Waals surface area contributed by atoms with E-state index in [1.165, 1.54) is 19.2 Å². The Morgan fingerprint density at radius 3 is 2.53 bits per heavy atom. The average Bonchev–Trinajstić information content (AvgIpc) is 2.24. The lowest BCUT2D eigenvalue weighted by Gasteiger charge is -2.20. The van der Waals surface area contributed by atoms with Crippen molar-refractivity contribution in [2.24, 2.45) is 0 Å². The summed E-state index contributed by atoms with van der Waals surface area (Å²) in [5.41, 5.74) is 0.583. The van der Waals surface area contributed by atoms with Crippen LogP contribution in [0.1, 0.15) is 32.4 Å². The van der Waals surface area contributed by atoms with Crippen LogP contribution in [-0.2, 0) is 0 Å². The van der Waals surface area contributed by atoms with Crippen molar-refractivity contribution >= 4 is 11.8 Å². The first kappa shape index (κ1) is 14.3. The van der Waals surface area contributed by atoms with Crippen LogP contribution in [0.15, 0.2) is 18.2 Å². The third-order valence-corrected chi connectivity index (χ3v) is 3.58. The van der Waals surface area contributed by atoms with Gasteiger partial charge in [0.05, 0.1) is 13.2 Å². The van der Waals surface area contributed by atoms with Gasteiger partial charge in [0.2, 0.25) is 0 Å². The summed E-state index contributed by atoms with van der Waals surface area (Å²) in [7, 11) is 1.42. The van der Waals surface area contributed by atoms with E-state index in [4.69, 9.17) is 4.74 Å². The molecule has 17 heavy (non-hydrogen) atoms. The lowest BCUT2D eigenvalue weighted by molar-refractivity contribution is 0.203. The fourth-order valence-corrected chi connectivity index (χ4v) is 2.17. The highest BCUT2D eigenvalue weighted by Crippen LogP contribution is 2.29. The van der Waals surface area contributed by atoms with Crippen molar-refractivity contribution < 1.29 is 14.2 Å². The van der Waals surface area contributed by atoms with Gasteiger partial charge in [0, 0.05) is 10.5 Å². The Hall–Kier alpha value is -0.740. The van der Waals surface area contributed by atoms with Gasteiger partial charge in [0.1, 0.15) is 0 Å². The molecule has 0 aliphatic heterocycles. The molecule has 0 saturated carbocycles. The predicted octanol–water partition coefficient (Wildman–Crippen LogP) is 3.40. The SMILES string of the molecule is COc1ccc(C(O)CSC(C)(C)C)cc1F. The molecule has 0 fully saturated rings. The van der Waals surface area contributed by atoms with Crippen molar-refractivity contribution in [3.8, 4) is 5.75 Å². The maximum absolute atomic E-state index is 13.4. The number of aliphatic hydroxyl groups excluding tert-OH is 1. The van der Waals surface area contributed by atoms with E-state index in [2.05, 4.69) is 20.8 Å². The molecular weight excluding hydrogens is 239 g/mol. The number of aliphatic hydroxyl groups is 1. The van der Waals surface area contributed by atoms with E-state index in [9.17, 15) is 9.50 Å². The van der Waals surface area contributed by atoms with Gasteiger partial charge >= 0.3 is 0 Å². The van der Waals surface area contributed by atoms with Crippen molar-refractivity contribution in [2.75, 3.05) is 12.9 Å². The van der Waals surface area contributed by atoms with Gasteiger partial charge in [-0.15, -0.1) is 0 Å². The number of rotatable bonds is 4. The minimum atomic E-state index is -0.653. The largest absolute Gasteiger partial charge is 0.494 e. The molecule has 0 radical (unpaired) electrons. The first-order valence-electron chi connectivity index (χ1n) is 5.49. The Balaban J connectivity index is 2.69. The summed E-state index contributed by atoms with van der Waals surface area (Å²) in [5, 5.41) is 9.94. The molecule has 0 aromatic heterocycles. The summed E-state index contributed by atoms with van der Waals surface area (Å²) in [6.07, 6.45) is -0.653. The second-order valence-corrected chi connectivity index (χ2v) is 6.68. The van der Waals surface area contributed by atoms with Crippen LogP contribution in [0.3, 0.4) is 0 Å². The molecule has 1 aromatic rings. The Kier molecular flexibility index (Phi) is 4.83. The quantitative estimate of drug-likeness (QED) is 0.897. The van der Waals surface area contributed by atoms with Gasteiger partial charge in [-0.2, -0.15) is 11.8 Å². The van der Waals surface area contributed by atoms with Gasteiger partial charge in [0.15, 0.2) is 11.6 Å². The zero-order valence-electron chi connectivity index (χ0n) is 10.7. The molecule has 4 heteroatoms. The number of ether oxygens (including phenoxy) is 1. The maximum atomic E-state index is 13.4. The van der Waals surface area contributed by atoms with Crippen LogP contribution in [0.25, 0.3) is 0 Å². The first-order chi connectivity index (χ1) is 7.83. The zero-order valence-corrected chi connectivity index (χ0v) is 11.5. The van der Waals surface area contributed by atoms with E-state index >= 15 is 0 Å². The number of thioether (sulfide) groups is 1. The maximum Gasteiger partial charge on any atom is 0.165 e. The fourth-order valence-electron chi connectivity index (χ4n) is 1.32. The van der Waals surface area contributed by atoms with E-state index in [0.717, 1.165) is 0 Å². The molecule has 0 spiro atoms. The minimum absolute atomic E-state index is 0.0893. The van der Waals surface area contributed by atoms with Crippen molar-refractivity contribution in [1.82, 2.24) is 0 Å². The van der Waals surface area contributed by atoms with Crippen LogP contribution >= 0.6 is 11.8 Å². The van der Waals surface area contributed by atoms with Crippen LogP contribution in [-0.4, -0.2) is 22.7 Å². The standard InChI is InChI=1S/C13H19FO2S/c1-13(2,3)17-8-11(15)9-5-6-12(16-4)10(14)7-9/h5-7,11,15H,8H2,1-4H3. The smallest absolute Gasteiger partial charge is 0.165 e. The van der Waals surface area contributed by atoms with Crippen LogP contribution in [0, 0.1) is 5.82 Å². The fraction of sp³-hybridized carbons (Fsp3) is 0.538. The van der Waals surface area contributed by atoms with Crippen LogP contribution < -0.4 is 4.74 Å². The molecule has 0 heterocycles. The van der Waals surface area contributed by atoms with E-state index in [1.807, 2.05) is 0 Å². The van der Waals surface area contributed by atoms with Gasteiger partial charge in [0.25, 0.3) is 0 Å². The van der Waals surface area contributed by atoms with Crippen molar-refractivity contribution in [3.05, 3.63) is 29.6 Å². The average molecular weight is 258 g/mol. The second kappa shape index (κ2) is 5.74. The molecule has 1 rings (SSSR count). The number of hydrogen-bond donors (Lipinski definition) is 1. The summed E-state index contributed by atoms with van der Waals surface area (Å²) < 4.78 is 18.4. The summed E-state index contributed by atoms with van der Waals surface area (Å²) in [6.45, 7) is 6.25. The molecule has 1 atom stereocenters. The van der Waals surface area contributed by atoms with Crippen LogP contribution in [0.2, 0.25) is 0 Å². The molecule has 96 valence electrons. The Labute approximate surface area is 106 Å². The molecular formula is C13H19FO2S. The van der Waals surface area contributed by atoms with Gasteiger partial charge in [-0.25, -0.2) is 4.39 Å². The summed E-state index contributed by atoms with van der Waals surface area (Å²) in [6, 6.07) is 4.55. The molecule has 0 bridgehead atoms. The molecule has 1 unspecified atom stereocenters. The van der Waals surface area contributed by atoms with Crippen LogP contribution in [0.5, 0.6) is 5.75 Å². The van der Waals surface area contributed by atoms with Gasteiger partial charge < -0.3 is 9.84 Å². The Morgan fingerprint density at radius 1 is 1.41 bits per heavy atom. The van der Waals surface area contributed by atoms with Gasteiger partial charge in [-0.3, -0.25) is 0 Å².